The topological polar surface area (TPSA) is 64.4 Å². The molecular weight excluding hydrogens is 236 g/mol. The van der Waals surface area contributed by atoms with E-state index in [0.29, 0.717) is 30.9 Å². The number of carbonyl (C=O) groups excluding carboxylic acids is 1. The molecular formula is C12H22N2O2S. The maximum absolute atomic E-state index is 12.1. The third-order valence-electron chi connectivity index (χ3n) is 3.65. The zero-order valence-corrected chi connectivity index (χ0v) is 11.2. The van der Waals surface area contributed by atoms with Crippen molar-refractivity contribution < 1.29 is 9.53 Å². The van der Waals surface area contributed by atoms with E-state index in [1.807, 2.05) is 11.8 Å². The third kappa shape index (κ3) is 2.95. The molecule has 0 spiro atoms. The molecule has 17 heavy (non-hydrogen) atoms. The summed E-state index contributed by atoms with van der Waals surface area (Å²) in [5.41, 5.74) is 5.27. The van der Waals surface area contributed by atoms with Gasteiger partial charge in [-0.1, -0.05) is 13.3 Å². The smallest absolute Gasteiger partial charge is 0.242 e. The van der Waals surface area contributed by atoms with Crippen LogP contribution in [-0.2, 0) is 9.53 Å². The lowest BCUT2D eigenvalue weighted by Gasteiger charge is -2.26. The lowest BCUT2D eigenvalue weighted by Crippen LogP contribution is -2.57. The van der Waals surface area contributed by atoms with Gasteiger partial charge in [0.05, 0.1) is 6.61 Å². The summed E-state index contributed by atoms with van der Waals surface area (Å²) in [5.74, 6) is 1.08. The Balaban J connectivity index is 1.89. The Bertz CT molecular complexity index is 280. The van der Waals surface area contributed by atoms with Crippen molar-refractivity contribution >= 4 is 17.7 Å². The molecule has 0 aromatic carbocycles. The van der Waals surface area contributed by atoms with E-state index in [1.54, 1.807) is 0 Å². The van der Waals surface area contributed by atoms with Crippen LogP contribution < -0.4 is 11.1 Å². The molecule has 0 aromatic heterocycles. The van der Waals surface area contributed by atoms with Crippen molar-refractivity contribution in [1.82, 2.24) is 5.32 Å². The Morgan fingerprint density at radius 3 is 3.06 bits per heavy atom. The number of carbonyl (C=O) groups is 1. The Hall–Kier alpha value is -0.260. The quantitative estimate of drug-likeness (QED) is 0.786. The van der Waals surface area contributed by atoms with Gasteiger partial charge in [0.15, 0.2) is 0 Å². The fourth-order valence-corrected chi connectivity index (χ4v) is 3.77. The molecule has 2 aliphatic rings. The Kier molecular flexibility index (Phi) is 4.33. The predicted octanol–water partition coefficient (Wildman–Crippen LogP) is 0.895. The summed E-state index contributed by atoms with van der Waals surface area (Å²) >= 11 is 1.94. The van der Waals surface area contributed by atoms with E-state index in [4.69, 9.17) is 10.5 Å². The second-order valence-electron chi connectivity index (χ2n) is 4.96. The largest absolute Gasteiger partial charge is 0.379 e. The van der Waals surface area contributed by atoms with E-state index in [9.17, 15) is 4.79 Å². The molecule has 98 valence electrons. The molecule has 1 saturated carbocycles. The Morgan fingerprint density at radius 2 is 2.41 bits per heavy atom. The van der Waals surface area contributed by atoms with E-state index >= 15 is 0 Å². The van der Waals surface area contributed by atoms with Crippen molar-refractivity contribution in [2.75, 3.05) is 19.0 Å². The number of amides is 1. The lowest BCUT2D eigenvalue weighted by atomic mass is 9.98. The summed E-state index contributed by atoms with van der Waals surface area (Å²) < 4.78 is 5.23. The first-order valence-electron chi connectivity index (χ1n) is 6.45. The van der Waals surface area contributed by atoms with Gasteiger partial charge in [0, 0.05) is 17.9 Å². The summed E-state index contributed by atoms with van der Waals surface area (Å²) in [6.07, 6.45) is 4.13. The van der Waals surface area contributed by atoms with Crippen LogP contribution in [0, 0.1) is 0 Å². The average molecular weight is 258 g/mol. The molecule has 0 bridgehead atoms. The maximum atomic E-state index is 12.1. The standard InChI is InChI=1S/C12H22N2O2S/c1-2-17-10-5-3-4-9(10)14-11(15)12(13)6-7-16-8-12/h9-10H,2-8,13H2,1H3,(H,14,15). The van der Waals surface area contributed by atoms with Crippen LogP contribution in [0.2, 0.25) is 0 Å². The predicted molar refractivity (Wildman–Crippen MR) is 70.1 cm³/mol. The third-order valence-corrected chi connectivity index (χ3v) is 4.98. The molecule has 1 aliphatic carbocycles. The number of nitrogens with one attached hydrogen (secondary N) is 1. The van der Waals surface area contributed by atoms with Crippen molar-refractivity contribution in [2.45, 2.75) is 49.4 Å². The summed E-state index contributed by atoms with van der Waals surface area (Å²) in [7, 11) is 0. The second-order valence-corrected chi connectivity index (χ2v) is 6.48. The van der Waals surface area contributed by atoms with Gasteiger partial charge in [-0.05, 0) is 25.0 Å². The Labute approximate surface area is 107 Å². The fraction of sp³-hybridized carbons (Fsp3) is 0.917. The number of nitrogens with two attached hydrogens (primary N) is 1. The van der Waals surface area contributed by atoms with Gasteiger partial charge in [0.1, 0.15) is 5.54 Å². The van der Waals surface area contributed by atoms with E-state index in [0.717, 1.165) is 12.2 Å². The zero-order chi connectivity index (χ0) is 12.3. The highest BCUT2D eigenvalue weighted by atomic mass is 32.2. The van der Waals surface area contributed by atoms with Gasteiger partial charge in [0.25, 0.3) is 0 Å². The van der Waals surface area contributed by atoms with Gasteiger partial charge in [-0.25, -0.2) is 0 Å². The van der Waals surface area contributed by atoms with Crippen molar-refractivity contribution in [1.29, 1.82) is 0 Å². The Morgan fingerprint density at radius 1 is 1.59 bits per heavy atom. The van der Waals surface area contributed by atoms with E-state index in [-0.39, 0.29) is 5.91 Å². The highest BCUT2D eigenvalue weighted by Crippen LogP contribution is 2.30. The van der Waals surface area contributed by atoms with Gasteiger partial charge in [-0.2, -0.15) is 11.8 Å². The minimum atomic E-state index is -0.788. The number of hydrogen-bond acceptors (Lipinski definition) is 4. The first-order valence-corrected chi connectivity index (χ1v) is 7.50. The fourth-order valence-electron chi connectivity index (χ4n) is 2.58. The van der Waals surface area contributed by atoms with Crippen LogP contribution in [0.25, 0.3) is 0 Å². The van der Waals surface area contributed by atoms with Crippen LogP contribution in [0.4, 0.5) is 0 Å². The zero-order valence-electron chi connectivity index (χ0n) is 10.4. The maximum Gasteiger partial charge on any atom is 0.242 e. The molecule has 1 aliphatic heterocycles. The van der Waals surface area contributed by atoms with Crippen LogP contribution in [0.15, 0.2) is 0 Å². The van der Waals surface area contributed by atoms with Crippen LogP contribution in [-0.4, -0.2) is 41.7 Å². The number of ether oxygens (including phenoxy) is 1. The molecule has 5 heteroatoms. The number of rotatable bonds is 4. The molecule has 2 fully saturated rings. The van der Waals surface area contributed by atoms with Gasteiger partial charge < -0.3 is 15.8 Å². The monoisotopic (exact) mass is 258 g/mol. The van der Waals surface area contributed by atoms with Gasteiger partial charge in [-0.3, -0.25) is 4.79 Å². The summed E-state index contributed by atoms with van der Waals surface area (Å²) in [6.45, 7) is 3.12. The van der Waals surface area contributed by atoms with Crippen LogP contribution in [0.1, 0.15) is 32.6 Å². The van der Waals surface area contributed by atoms with E-state index in [1.165, 1.54) is 12.8 Å². The molecule has 1 heterocycles. The highest BCUT2D eigenvalue weighted by molar-refractivity contribution is 7.99. The van der Waals surface area contributed by atoms with Gasteiger partial charge in [0.2, 0.25) is 5.91 Å². The minimum absolute atomic E-state index is 0.0244. The van der Waals surface area contributed by atoms with Crippen molar-refractivity contribution in [2.24, 2.45) is 5.73 Å². The number of thioether (sulfide) groups is 1. The minimum Gasteiger partial charge on any atom is -0.379 e. The second kappa shape index (κ2) is 5.59. The molecule has 4 nitrogen and oxygen atoms in total. The average Bonchev–Trinajstić information content (AvgIpc) is 2.90. The molecule has 3 atom stereocenters. The molecule has 0 aromatic rings. The molecule has 3 unspecified atom stereocenters. The molecule has 0 radical (unpaired) electrons. The normalized spacial score (nSPS) is 37.3. The summed E-state index contributed by atoms with van der Waals surface area (Å²) in [6, 6.07) is 0.300. The van der Waals surface area contributed by atoms with Gasteiger partial charge in [-0.15, -0.1) is 0 Å². The molecule has 1 saturated heterocycles. The van der Waals surface area contributed by atoms with E-state index < -0.39 is 5.54 Å². The van der Waals surface area contributed by atoms with E-state index in [2.05, 4.69) is 12.2 Å². The van der Waals surface area contributed by atoms with Crippen molar-refractivity contribution in [3.63, 3.8) is 0 Å². The van der Waals surface area contributed by atoms with Crippen molar-refractivity contribution in [3.8, 4) is 0 Å². The summed E-state index contributed by atoms with van der Waals surface area (Å²) in [5, 5.41) is 3.70. The SMILES string of the molecule is CCSC1CCCC1NC(=O)C1(N)CCOC1. The molecule has 2 rings (SSSR count). The summed E-state index contributed by atoms with van der Waals surface area (Å²) in [4.78, 5) is 12.1. The van der Waals surface area contributed by atoms with Crippen LogP contribution in [0.5, 0.6) is 0 Å². The number of hydrogen-bond donors (Lipinski definition) is 2. The first-order chi connectivity index (χ1) is 8.15. The highest BCUT2D eigenvalue weighted by Gasteiger charge is 2.40. The first kappa shape index (κ1) is 13.2. The molecule has 1 amide bonds. The molecule has 3 N–H and O–H groups in total. The van der Waals surface area contributed by atoms with Crippen LogP contribution in [0.3, 0.4) is 0 Å². The van der Waals surface area contributed by atoms with Crippen LogP contribution >= 0.6 is 11.8 Å². The van der Waals surface area contributed by atoms with Crippen molar-refractivity contribution in [3.05, 3.63) is 0 Å². The van der Waals surface area contributed by atoms with Gasteiger partial charge >= 0.3 is 0 Å². The lowest BCUT2D eigenvalue weighted by molar-refractivity contribution is -0.127.